The number of aryl methyl sites for hydroxylation is 1. The Labute approximate surface area is 189 Å². The number of ether oxygens (including phenoxy) is 3. The summed E-state index contributed by atoms with van der Waals surface area (Å²) >= 11 is 0. The van der Waals surface area contributed by atoms with Crippen molar-refractivity contribution in [2.75, 3.05) is 13.7 Å². The standard InChI is InChI=1S/C23H28F3NO6/c1-3-19-18(27-21(33-19)16-9-4-5-10-17(16)23(24,25)26)12-31-14-7-6-8-15(11-14)32-13-20(30-2)22(28)29/h4-5,9-10,14-15,20H,3,6-8,11-13H2,1-2H3,(H,28,29). The zero-order chi connectivity index (χ0) is 24.0. The summed E-state index contributed by atoms with van der Waals surface area (Å²) in [6.45, 7) is 1.89. The fraction of sp³-hybridized carbons (Fsp3) is 0.565. The van der Waals surface area contributed by atoms with Gasteiger partial charge in [-0.2, -0.15) is 13.2 Å². The number of nitrogens with zero attached hydrogens (tertiary/aromatic N) is 1. The van der Waals surface area contributed by atoms with Crippen molar-refractivity contribution in [1.29, 1.82) is 0 Å². The Morgan fingerprint density at radius 3 is 2.58 bits per heavy atom. The highest BCUT2D eigenvalue weighted by Crippen LogP contribution is 2.37. The number of carboxylic acids is 1. The SMILES string of the molecule is CCc1oc(-c2ccccc2C(F)(F)F)nc1COC1CCCC(OCC(OC)C(=O)O)C1. The number of benzene rings is 1. The lowest BCUT2D eigenvalue weighted by Crippen LogP contribution is -2.34. The Morgan fingerprint density at radius 2 is 1.94 bits per heavy atom. The molecule has 3 atom stereocenters. The topological polar surface area (TPSA) is 91.0 Å². The minimum absolute atomic E-state index is 0.0472. The Balaban J connectivity index is 1.64. The summed E-state index contributed by atoms with van der Waals surface area (Å²) in [7, 11) is 1.32. The van der Waals surface area contributed by atoms with Crippen LogP contribution in [0, 0.1) is 0 Å². The molecule has 1 N–H and O–H groups in total. The third kappa shape index (κ3) is 6.55. The van der Waals surface area contributed by atoms with Crippen LogP contribution in [0.15, 0.2) is 28.7 Å². The van der Waals surface area contributed by atoms with E-state index in [0.717, 1.165) is 25.3 Å². The maximum absolute atomic E-state index is 13.4. The summed E-state index contributed by atoms with van der Waals surface area (Å²) in [6.07, 6.45) is -2.35. The van der Waals surface area contributed by atoms with Crippen molar-refractivity contribution >= 4 is 5.97 Å². The van der Waals surface area contributed by atoms with Crippen LogP contribution in [0.3, 0.4) is 0 Å². The molecule has 1 fully saturated rings. The van der Waals surface area contributed by atoms with Gasteiger partial charge in [0, 0.05) is 19.1 Å². The predicted octanol–water partition coefficient (Wildman–Crippen LogP) is 4.87. The van der Waals surface area contributed by atoms with Crippen LogP contribution in [0.25, 0.3) is 11.5 Å². The number of halogens is 3. The van der Waals surface area contributed by atoms with Crippen LogP contribution in [-0.4, -0.2) is 48.1 Å². The first-order valence-corrected chi connectivity index (χ1v) is 10.9. The van der Waals surface area contributed by atoms with Gasteiger partial charge in [0.05, 0.1) is 31.0 Å². The zero-order valence-corrected chi connectivity index (χ0v) is 18.6. The smallest absolute Gasteiger partial charge is 0.417 e. The Bertz CT molecular complexity index is 929. The quantitative estimate of drug-likeness (QED) is 0.529. The number of aliphatic carboxylic acids is 1. The summed E-state index contributed by atoms with van der Waals surface area (Å²) in [5.41, 5.74) is -0.439. The monoisotopic (exact) mass is 471 g/mol. The molecule has 3 rings (SSSR count). The van der Waals surface area contributed by atoms with Crippen molar-refractivity contribution in [2.45, 2.75) is 70.1 Å². The molecule has 10 heteroatoms. The molecule has 0 radical (unpaired) electrons. The van der Waals surface area contributed by atoms with Crippen LogP contribution in [-0.2, 0) is 38.2 Å². The molecule has 2 aromatic rings. The van der Waals surface area contributed by atoms with Crippen LogP contribution in [0.4, 0.5) is 13.2 Å². The van der Waals surface area contributed by atoms with Crippen LogP contribution in [0.2, 0.25) is 0 Å². The highest BCUT2D eigenvalue weighted by atomic mass is 19.4. The van der Waals surface area contributed by atoms with Gasteiger partial charge in [0.2, 0.25) is 5.89 Å². The Hall–Kier alpha value is -2.43. The van der Waals surface area contributed by atoms with E-state index in [9.17, 15) is 18.0 Å². The van der Waals surface area contributed by atoms with Crippen molar-refractivity contribution in [3.8, 4) is 11.5 Å². The van der Waals surface area contributed by atoms with Gasteiger partial charge in [-0.25, -0.2) is 9.78 Å². The van der Waals surface area contributed by atoms with Crippen molar-refractivity contribution in [3.63, 3.8) is 0 Å². The molecule has 1 heterocycles. The highest BCUT2D eigenvalue weighted by molar-refractivity contribution is 5.72. The van der Waals surface area contributed by atoms with Gasteiger partial charge in [-0.15, -0.1) is 0 Å². The lowest BCUT2D eigenvalue weighted by molar-refractivity contribution is -0.155. The molecule has 0 saturated heterocycles. The second kappa shape index (κ2) is 11.1. The molecule has 1 aromatic heterocycles. The fourth-order valence-electron chi connectivity index (χ4n) is 3.87. The maximum Gasteiger partial charge on any atom is 0.417 e. The summed E-state index contributed by atoms with van der Waals surface area (Å²) < 4.78 is 62.4. The van der Waals surface area contributed by atoms with E-state index < -0.39 is 23.8 Å². The molecule has 33 heavy (non-hydrogen) atoms. The molecule has 1 aliphatic rings. The van der Waals surface area contributed by atoms with Crippen molar-refractivity contribution < 1.29 is 41.7 Å². The molecule has 1 aromatic carbocycles. The molecule has 0 spiro atoms. The largest absolute Gasteiger partial charge is 0.479 e. The minimum atomic E-state index is -4.52. The average Bonchev–Trinajstić information content (AvgIpc) is 3.21. The van der Waals surface area contributed by atoms with Crippen molar-refractivity contribution in [3.05, 3.63) is 41.3 Å². The zero-order valence-electron chi connectivity index (χ0n) is 18.6. The van der Waals surface area contributed by atoms with E-state index in [1.807, 2.05) is 6.92 Å². The first kappa shape index (κ1) is 25.2. The van der Waals surface area contributed by atoms with Crippen LogP contribution in [0.5, 0.6) is 0 Å². The van der Waals surface area contributed by atoms with Gasteiger partial charge in [0.15, 0.2) is 6.10 Å². The van der Waals surface area contributed by atoms with Gasteiger partial charge in [-0.3, -0.25) is 0 Å². The van der Waals surface area contributed by atoms with E-state index in [1.165, 1.54) is 25.3 Å². The first-order chi connectivity index (χ1) is 15.7. The maximum atomic E-state index is 13.4. The number of hydrogen-bond acceptors (Lipinski definition) is 6. The number of oxazole rings is 1. The first-order valence-electron chi connectivity index (χ1n) is 10.9. The van der Waals surface area contributed by atoms with E-state index in [-0.39, 0.29) is 36.9 Å². The van der Waals surface area contributed by atoms with E-state index in [2.05, 4.69) is 4.98 Å². The lowest BCUT2D eigenvalue weighted by atomic mass is 9.95. The van der Waals surface area contributed by atoms with Gasteiger partial charge in [-0.1, -0.05) is 19.1 Å². The van der Waals surface area contributed by atoms with Gasteiger partial charge in [-0.05, 0) is 37.8 Å². The number of rotatable bonds is 10. The van der Waals surface area contributed by atoms with Gasteiger partial charge >= 0.3 is 12.1 Å². The van der Waals surface area contributed by atoms with Crippen molar-refractivity contribution in [2.24, 2.45) is 0 Å². The predicted molar refractivity (Wildman–Crippen MR) is 112 cm³/mol. The lowest BCUT2D eigenvalue weighted by Gasteiger charge is -2.29. The normalized spacial score (nSPS) is 20.0. The Morgan fingerprint density at radius 1 is 1.24 bits per heavy atom. The molecule has 0 aliphatic heterocycles. The second-order valence-electron chi connectivity index (χ2n) is 7.90. The Kier molecular flexibility index (Phi) is 8.50. The van der Waals surface area contributed by atoms with E-state index in [4.69, 9.17) is 23.7 Å². The van der Waals surface area contributed by atoms with Gasteiger partial charge < -0.3 is 23.7 Å². The molecule has 3 unspecified atom stereocenters. The van der Waals surface area contributed by atoms with Crippen molar-refractivity contribution in [1.82, 2.24) is 4.98 Å². The number of hydrogen-bond donors (Lipinski definition) is 1. The number of carbonyl (C=O) groups is 1. The van der Waals surface area contributed by atoms with E-state index in [0.29, 0.717) is 24.3 Å². The molecular weight excluding hydrogens is 443 g/mol. The molecular formula is C23H28F3NO6. The minimum Gasteiger partial charge on any atom is -0.479 e. The highest BCUT2D eigenvalue weighted by Gasteiger charge is 2.35. The van der Waals surface area contributed by atoms with Crippen LogP contribution in [0.1, 0.15) is 49.6 Å². The summed E-state index contributed by atoms with van der Waals surface area (Å²) in [5.74, 6) is -0.681. The number of alkyl halides is 3. The van der Waals surface area contributed by atoms with E-state index in [1.54, 1.807) is 0 Å². The molecule has 0 bridgehead atoms. The summed E-state index contributed by atoms with van der Waals surface area (Å²) in [6, 6.07) is 5.18. The number of carboxylic acid groups (broad SMARTS) is 1. The van der Waals surface area contributed by atoms with Gasteiger partial charge in [0.1, 0.15) is 11.5 Å². The van der Waals surface area contributed by atoms with Crippen LogP contribution < -0.4 is 0 Å². The second-order valence-corrected chi connectivity index (χ2v) is 7.90. The third-order valence-electron chi connectivity index (χ3n) is 5.64. The number of methoxy groups -OCH3 is 1. The number of aromatic nitrogens is 1. The molecule has 1 saturated carbocycles. The van der Waals surface area contributed by atoms with E-state index >= 15 is 0 Å². The summed E-state index contributed by atoms with van der Waals surface area (Å²) in [5, 5.41) is 9.05. The third-order valence-corrected chi connectivity index (χ3v) is 5.64. The fourth-order valence-corrected chi connectivity index (χ4v) is 3.87. The molecule has 1 aliphatic carbocycles. The molecule has 7 nitrogen and oxygen atoms in total. The molecule has 0 amide bonds. The average molecular weight is 471 g/mol. The van der Waals surface area contributed by atoms with Gasteiger partial charge in [0.25, 0.3) is 0 Å². The summed E-state index contributed by atoms with van der Waals surface area (Å²) in [4.78, 5) is 15.4. The molecule has 182 valence electrons. The van der Waals surface area contributed by atoms with Crippen LogP contribution >= 0.6 is 0 Å².